The summed E-state index contributed by atoms with van der Waals surface area (Å²) in [4.78, 5) is 41.1. The molecule has 8 rings (SSSR count). The number of esters is 1. The van der Waals surface area contributed by atoms with E-state index in [1.165, 1.54) is 42.8 Å². The second-order valence-electron chi connectivity index (χ2n) is 18.0. The summed E-state index contributed by atoms with van der Waals surface area (Å²) >= 11 is 0. The number of methoxy groups -OCH3 is 1. The van der Waals surface area contributed by atoms with Crippen molar-refractivity contribution in [3.05, 3.63) is 167 Å². The molecule has 2 aliphatic rings. The maximum Gasteiger partial charge on any atom is 0.417 e. The number of alkyl halides is 6. The van der Waals surface area contributed by atoms with E-state index in [0.29, 0.717) is 52.4 Å². The van der Waals surface area contributed by atoms with Gasteiger partial charge in [0.1, 0.15) is 36.4 Å². The zero-order chi connectivity index (χ0) is 51.1. The van der Waals surface area contributed by atoms with Gasteiger partial charge in [-0.2, -0.15) is 26.3 Å². The van der Waals surface area contributed by atoms with Crippen molar-refractivity contribution in [3.8, 4) is 33.8 Å². The van der Waals surface area contributed by atoms with Crippen LogP contribution in [0, 0.1) is 0 Å². The first-order valence-electron chi connectivity index (χ1n) is 22.8. The molecule has 2 aliphatic heterocycles. The van der Waals surface area contributed by atoms with Crippen LogP contribution < -0.4 is 19.7 Å². The van der Waals surface area contributed by atoms with E-state index in [2.05, 4.69) is 5.32 Å². The first-order valence-corrected chi connectivity index (χ1v) is 22.8. The number of carbonyl (C=O) groups excluding carboxylic acids is 3. The zero-order valence-corrected chi connectivity index (χ0v) is 41.0. The number of benzene rings is 6. The quantitative estimate of drug-likeness (QED) is 0.0954. The predicted molar refractivity (Wildman–Crippen MR) is 265 cm³/mol. The molecule has 0 saturated heterocycles. The molecule has 72 heavy (non-hydrogen) atoms. The Kier molecular flexibility index (Phi) is 17.2. The van der Waals surface area contributed by atoms with Crippen LogP contribution in [0.2, 0.25) is 0 Å². The predicted octanol–water partition coefficient (Wildman–Crippen LogP) is 13.0. The van der Waals surface area contributed by atoms with Crippen molar-refractivity contribution in [2.24, 2.45) is 0 Å². The Hall–Kier alpha value is -7.20. The average molecular weight is 1020 g/mol. The highest BCUT2D eigenvalue weighted by molar-refractivity contribution is 6.02. The van der Waals surface area contributed by atoms with Gasteiger partial charge in [-0.3, -0.25) is 14.5 Å². The molecule has 380 valence electrons. The lowest BCUT2D eigenvalue weighted by Gasteiger charge is -2.32. The van der Waals surface area contributed by atoms with Crippen LogP contribution in [0.4, 0.5) is 42.5 Å². The standard InChI is InChI=1S/C33H35F3N2O6.C22H18F3NO.ClH/c1-32(2,3)44-31(41)37(4)28(19-29(39)42-5)30(40)38-16-15-23-18-24(12-14-27(23)38)43-20-21-11-13-25(22-9-7-6-8-10-22)26(17-21)33(34,35)36;23-22(24,25)20-12-15(6-8-19(20)16-4-2-1-3-5-16)14-27-18-7-9-21-17(13-18)10-11-26-21;/h6-14,17-18,28H,15-16,19-20H2,1-5H3;1-9,12-13,26H,10-11,14H2;1H/t28-;;/m1../s1. The van der Waals surface area contributed by atoms with Crippen molar-refractivity contribution < 1.29 is 59.7 Å². The molecule has 6 aromatic rings. The molecule has 6 aromatic carbocycles. The average Bonchev–Trinajstić information content (AvgIpc) is 4.00. The van der Waals surface area contributed by atoms with Gasteiger partial charge in [0.15, 0.2) is 0 Å². The normalized spacial score (nSPS) is 13.2. The van der Waals surface area contributed by atoms with Crippen molar-refractivity contribution in [3.63, 3.8) is 0 Å². The van der Waals surface area contributed by atoms with E-state index < -0.39 is 53.1 Å². The third-order valence-electron chi connectivity index (χ3n) is 11.8. The van der Waals surface area contributed by atoms with E-state index in [1.54, 1.807) is 112 Å². The summed E-state index contributed by atoms with van der Waals surface area (Å²) in [6.45, 7) is 6.28. The van der Waals surface area contributed by atoms with E-state index in [9.17, 15) is 40.7 Å². The van der Waals surface area contributed by atoms with Gasteiger partial charge in [-0.25, -0.2) is 4.79 Å². The number of rotatable bonds is 12. The van der Waals surface area contributed by atoms with E-state index >= 15 is 0 Å². The molecule has 2 amide bonds. The van der Waals surface area contributed by atoms with Crippen molar-refractivity contribution in [2.45, 2.75) is 77.2 Å². The molecular weight excluding hydrogens is 964 g/mol. The summed E-state index contributed by atoms with van der Waals surface area (Å²) in [6.07, 6.45) is -8.69. The van der Waals surface area contributed by atoms with E-state index in [4.69, 9.17) is 18.9 Å². The Morgan fingerprint density at radius 1 is 0.667 bits per heavy atom. The number of anilines is 2. The van der Waals surface area contributed by atoms with Gasteiger partial charge in [-0.1, -0.05) is 84.9 Å². The minimum Gasteiger partial charge on any atom is -0.489 e. The van der Waals surface area contributed by atoms with E-state index in [-0.39, 0.29) is 43.2 Å². The molecule has 2 heterocycles. The van der Waals surface area contributed by atoms with E-state index in [0.717, 1.165) is 35.2 Å². The molecule has 0 saturated carbocycles. The van der Waals surface area contributed by atoms with Crippen molar-refractivity contribution >= 4 is 41.8 Å². The molecule has 0 spiro atoms. The molecule has 0 unspecified atom stereocenters. The lowest BCUT2D eigenvalue weighted by molar-refractivity contribution is -0.144. The fraction of sp³-hybridized carbons (Fsp3) is 0.291. The van der Waals surface area contributed by atoms with Crippen LogP contribution >= 0.6 is 12.4 Å². The maximum absolute atomic E-state index is 13.9. The highest BCUT2D eigenvalue weighted by atomic mass is 35.5. The second-order valence-corrected chi connectivity index (χ2v) is 18.0. The van der Waals surface area contributed by atoms with Crippen LogP contribution in [0.15, 0.2) is 133 Å². The number of likely N-dealkylation sites (N-methyl/N-ethyl adjacent to an activating group) is 1. The molecule has 17 heteroatoms. The van der Waals surface area contributed by atoms with Crippen molar-refractivity contribution in [2.75, 3.05) is 37.5 Å². The Morgan fingerprint density at radius 2 is 1.18 bits per heavy atom. The highest BCUT2D eigenvalue weighted by Gasteiger charge is 2.38. The van der Waals surface area contributed by atoms with Gasteiger partial charge in [0.2, 0.25) is 0 Å². The number of nitrogens with one attached hydrogen (secondary N) is 1. The molecule has 0 radical (unpaired) electrons. The minimum atomic E-state index is -4.55. The number of nitrogens with zero attached hydrogens (tertiary/aromatic N) is 2. The zero-order valence-electron chi connectivity index (χ0n) is 40.2. The van der Waals surface area contributed by atoms with Crippen LogP contribution in [0.5, 0.6) is 11.5 Å². The summed E-state index contributed by atoms with van der Waals surface area (Å²) in [6, 6.07) is 35.1. The molecule has 0 fully saturated rings. The summed E-state index contributed by atoms with van der Waals surface area (Å²) < 4.78 is 104. The monoisotopic (exact) mass is 1020 g/mol. The number of amides is 2. The van der Waals surface area contributed by atoms with Crippen molar-refractivity contribution in [1.82, 2.24) is 4.90 Å². The summed E-state index contributed by atoms with van der Waals surface area (Å²) in [5.74, 6) is -0.0457. The van der Waals surface area contributed by atoms with Crippen LogP contribution in [0.3, 0.4) is 0 Å². The van der Waals surface area contributed by atoms with Gasteiger partial charge in [0.25, 0.3) is 5.91 Å². The van der Waals surface area contributed by atoms with Crippen LogP contribution in [-0.2, 0) is 57.5 Å². The third-order valence-corrected chi connectivity index (χ3v) is 11.8. The first kappa shape index (κ1) is 54.1. The van der Waals surface area contributed by atoms with Crippen LogP contribution in [0.1, 0.15) is 60.6 Å². The molecule has 1 atom stereocenters. The maximum atomic E-state index is 13.9. The number of fused-ring (bicyclic) bond motifs is 2. The molecule has 10 nitrogen and oxygen atoms in total. The summed E-state index contributed by atoms with van der Waals surface area (Å²) in [5, 5.41) is 3.27. The molecule has 1 N–H and O–H groups in total. The minimum absolute atomic E-state index is 0. The van der Waals surface area contributed by atoms with Gasteiger partial charge in [0, 0.05) is 31.5 Å². The topological polar surface area (TPSA) is 107 Å². The van der Waals surface area contributed by atoms with Gasteiger partial charge in [-0.15, -0.1) is 12.4 Å². The van der Waals surface area contributed by atoms with Gasteiger partial charge >= 0.3 is 24.4 Å². The number of halogens is 7. The van der Waals surface area contributed by atoms with Gasteiger partial charge in [-0.05, 0) is 127 Å². The Balaban J connectivity index is 0.000000258. The highest BCUT2D eigenvalue weighted by Crippen LogP contribution is 2.40. The fourth-order valence-corrected chi connectivity index (χ4v) is 8.24. The summed E-state index contributed by atoms with van der Waals surface area (Å²) in [5.41, 5.74) is 3.55. The Labute approximate surface area is 420 Å². The van der Waals surface area contributed by atoms with Crippen molar-refractivity contribution in [1.29, 1.82) is 0 Å². The third kappa shape index (κ3) is 13.6. The molecule has 0 aliphatic carbocycles. The molecular formula is C55H54ClF6N3O7. The largest absolute Gasteiger partial charge is 0.489 e. The van der Waals surface area contributed by atoms with E-state index in [1.807, 2.05) is 18.2 Å². The number of hydrogen-bond acceptors (Lipinski definition) is 8. The first-order chi connectivity index (χ1) is 33.7. The second kappa shape index (κ2) is 22.9. The molecule has 0 bridgehead atoms. The van der Waals surface area contributed by atoms with Crippen LogP contribution in [-0.4, -0.2) is 61.8 Å². The lowest BCUT2D eigenvalue weighted by atomic mass is 9.97. The number of hydrogen-bond donors (Lipinski definition) is 1. The Bertz CT molecular complexity index is 2860. The van der Waals surface area contributed by atoms with Gasteiger partial charge < -0.3 is 29.2 Å². The van der Waals surface area contributed by atoms with Crippen LogP contribution in [0.25, 0.3) is 22.3 Å². The SMILES string of the molecule is COC(=O)C[C@H](C(=O)N1CCc2cc(OCc3ccc(-c4ccccc4)c(C(F)(F)F)c3)ccc21)N(C)C(=O)OC(C)(C)C.Cl.FC(F)(F)c1cc(COc2ccc3c(c2)CCN3)ccc1-c1ccccc1. The fourth-order valence-electron chi connectivity index (χ4n) is 8.24. The number of carbonyl (C=O) groups is 3. The smallest absolute Gasteiger partial charge is 0.417 e. The Morgan fingerprint density at radius 3 is 1.68 bits per heavy atom. The van der Waals surface area contributed by atoms with Gasteiger partial charge in [0.05, 0.1) is 24.7 Å². The summed E-state index contributed by atoms with van der Waals surface area (Å²) in [7, 11) is 2.59. The number of ether oxygens (including phenoxy) is 4. The lowest BCUT2D eigenvalue weighted by Crippen LogP contribution is -2.51. The molecule has 0 aromatic heterocycles.